The van der Waals surface area contributed by atoms with Gasteiger partial charge in [0.2, 0.25) is 0 Å². The van der Waals surface area contributed by atoms with E-state index >= 15 is 0 Å². The van der Waals surface area contributed by atoms with Crippen molar-refractivity contribution in [3.8, 4) is 0 Å². The first kappa shape index (κ1) is 19.5. The summed E-state index contributed by atoms with van der Waals surface area (Å²) in [7, 11) is 0. The van der Waals surface area contributed by atoms with Gasteiger partial charge >= 0.3 is 5.63 Å². The van der Waals surface area contributed by atoms with Gasteiger partial charge in [0.15, 0.2) is 11.6 Å². The number of fused-ring (bicyclic) bond motifs is 1. The van der Waals surface area contributed by atoms with Crippen molar-refractivity contribution in [3.05, 3.63) is 58.4 Å². The lowest BCUT2D eigenvalue weighted by molar-refractivity contribution is 0.0742. The Morgan fingerprint density at radius 2 is 1.45 bits per heavy atom. The van der Waals surface area contributed by atoms with Crippen molar-refractivity contribution in [2.75, 3.05) is 49.1 Å². The minimum Gasteiger partial charge on any atom is -0.422 e. The first-order chi connectivity index (χ1) is 15.2. The molecule has 2 saturated heterocycles. The van der Waals surface area contributed by atoms with Gasteiger partial charge in [-0.05, 0) is 43.5 Å². The van der Waals surface area contributed by atoms with Gasteiger partial charge in [-0.2, -0.15) is 0 Å². The van der Waals surface area contributed by atoms with E-state index in [0.717, 1.165) is 30.1 Å². The van der Waals surface area contributed by atoms with Gasteiger partial charge < -0.3 is 19.1 Å². The zero-order valence-electron chi connectivity index (χ0n) is 17.4. The molecule has 4 heterocycles. The number of anilines is 2. The van der Waals surface area contributed by atoms with Crippen molar-refractivity contribution in [2.24, 2.45) is 0 Å². The quantitative estimate of drug-likeness (QED) is 0.603. The number of rotatable bonds is 3. The molecule has 8 nitrogen and oxygen atoms in total. The smallest absolute Gasteiger partial charge is 0.349 e. The minimum absolute atomic E-state index is 0.0813. The van der Waals surface area contributed by atoms with Gasteiger partial charge in [-0.15, -0.1) is 10.2 Å². The summed E-state index contributed by atoms with van der Waals surface area (Å²) < 4.78 is 5.32. The standard InChI is InChI=1S/C23H25N5O3/c29-22(18-16-17-6-2-3-7-19(17)31-23(18)30)28-14-12-27(13-15-28)21-9-8-20(24-25-21)26-10-4-1-5-11-26/h2-3,6-9,16H,1,4-5,10-15H2. The second kappa shape index (κ2) is 8.37. The Balaban J connectivity index is 1.24. The highest BCUT2D eigenvalue weighted by Crippen LogP contribution is 2.20. The second-order valence-electron chi connectivity index (χ2n) is 8.06. The second-order valence-corrected chi connectivity index (χ2v) is 8.06. The highest BCUT2D eigenvalue weighted by molar-refractivity contribution is 5.96. The Kier molecular flexibility index (Phi) is 5.28. The van der Waals surface area contributed by atoms with Gasteiger partial charge in [0.1, 0.15) is 11.1 Å². The summed E-state index contributed by atoms with van der Waals surface area (Å²) in [5.41, 5.74) is -0.0245. The van der Waals surface area contributed by atoms with E-state index < -0.39 is 5.63 Å². The maximum atomic E-state index is 12.9. The van der Waals surface area contributed by atoms with Gasteiger partial charge in [-0.1, -0.05) is 18.2 Å². The molecule has 2 aromatic heterocycles. The van der Waals surface area contributed by atoms with E-state index in [1.807, 2.05) is 24.3 Å². The molecule has 0 radical (unpaired) electrons. The van der Waals surface area contributed by atoms with Crippen LogP contribution in [0.5, 0.6) is 0 Å². The number of carbonyl (C=O) groups excluding carboxylic acids is 1. The Hall–Kier alpha value is -3.42. The lowest BCUT2D eigenvalue weighted by Gasteiger charge is -2.35. The number of para-hydroxylation sites is 1. The number of amides is 1. The molecule has 0 spiro atoms. The fourth-order valence-electron chi connectivity index (χ4n) is 4.30. The predicted molar refractivity (Wildman–Crippen MR) is 119 cm³/mol. The molecule has 1 amide bonds. The van der Waals surface area contributed by atoms with E-state index in [1.54, 1.807) is 23.1 Å². The molecule has 3 aromatic rings. The van der Waals surface area contributed by atoms with Crippen molar-refractivity contribution in [1.82, 2.24) is 15.1 Å². The summed E-state index contributed by atoms with van der Waals surface area (Å²) in [5, 5.41) is 9.58. The van der Waals surface area contributed by atoms with Crippen molar-refractivity contribution in [2.45, 2.75) is 19.3 Å². The van der Waals surface area contributed by atoms with Crippen LogP contribution in [-0.4, -0.2) is 60.3 Å². The molecule has 2 aliphatic heterocycles. The average molecular weight is 419 g/mol. The molecule has 5 rings (SSSR count). The van der Waals surface area contributed by atoms with Gasteiger partial charge in [0, 0.05) is 44.7 Å². The van der Waals surface area contributed by atoms with Crippen LogP contribution in [0.25, 0.3) is 11.0 Å². The highest BCUT2D eigenvalue weighted by atomic mass is 16.4. The number of hydrogen-bond donors (Lipinski definition) is 0. The Bertz CT molecular complexity index is 1130. The number of nitrogens with zero attached hydrogens (tertiary/aromatic N) is 5. The van der Waals surface area contributed by atoms with Gasteiger partial charge in [-0.25, -0.2) is 4.79 Å². The molecule has 0 unspecified atom stereocenters. The molecule has 0 N–H and O–H groups in total. The average Bonchev–Trinajstić information content (AvgIpc) is 2.84. The zero-order valence-corrected chi connectivity index (χ0v) is 17.4. The number of aromatic nitrogens is 2. The van der Waals surface area contributed by atoms with Crippen LogP contribution in [0.15, 0.2) is 51.7 Å². The Labute approximate surface area is 180 Å². The van der Waals surface area contributed by atoms with E-state index in [4.69, 9.17) is 4.42 Å². The maximum absolute atomic E-state index is 12.9. The van der Waals surface area contributed by atoms with E-state index in [-0.39, 0.29) is 11.5 Å². The van der Waals surface area contributed by atoms with Crippen molar-refractivity contribution < 1.29 is 9.21 Å². The van der Waals surface area contributed by atoms with Gasteiger partial charge in [-0.3, -0.25) is 4.79 Å². The van der Waals surface area contributed by atoms with E-state index in [1.165, 1.54) is 19.3 Å². The summed E-state index contributed by atoms with van der Waals surface area (Å²) >= 11 is 0. The highest BCUT2D eigenvalue weighted by Gasteiger charge is 2.26. The van der Waals surface area contributed by atoms with Crippen LogP contribution >= 0.6 is 0 Å². The Morgan fingerprint density at radius 1 is 0.806 bits per heavy atom. The largest absolute Gasteiger partial charge is 0.422 e. The lowest BCUT2D eigenvalue weighted by Crippen LogP contribution is -2.49. The third-order valence-electron chi connectivity index (χ3n) is 6.08. The fraction of sp³-hybridized carbons (Fsp3) is 0.391. The number of piperidine rings is 1. The third-order valence-corrected chi connectivity index (χ3v) is 6.08. The molecule has 0 bridgehead atoms. The van der Waals surface area contributed by atoms with Crippen molar-refractivity contribution in [3.63, 3.8) is 0 Å². The zero-order chi connectivity index (χ0) is 21.2. The molecule has 0 aliphatic carbocycles. The first-order valence-corrected chi connectivity index (χ1v) is 10.8. The van der Waals surface area contributed by atoms with Crippen LogP contribution in [0, 0.1) is 0 Å². The minimum atomic E-state index is -0.592. The molecular weight excluding hydrogens is 394 g/mol. The summed E-state index contributed by atoms with van der Waals surface area (Å²) in [6.45, 7) is 4.39. The van der Waals surface area contributed by atoms with Gasteiger partial charge in [0.25, 0.3) is 5.91 Å². The first-order valence-electron chi connectivity index (χ1n) is 10.8. The topological polar surface area (TPSA) is 82.8 Å². The van der Waals surface area contributed by atoms with Crippen LogP contribution in [0.4, 0.5) is 11.6 Å². The summed E-state index contributed by atoms with van der Waals surface area (Å²) in [6, 6.07) is 12.9. The normalized spacial score (nSPS) is 17.2. The number of piperazine rings is 1. The molecule has 2 aliphatic rings. The van der Waals surface area contributed by atoms with Crippen LogP contribution in [0.1, 0.15) is 29.6 Å². The molecule has 0 atom stereocenters. The SMILES string of the molecule is O=C(c1cc2ccccc2oc1=O)N1CCN(c2ccc(N3CCCCC3)nn2)CC1. The van der Waals surface area contributed by atoms with E-state index in [2.05, 4.69) is 20.0 Å². The monoisotopic (exact) mass is 419 g/mol. The maximum Gasteiger partial charge on any atom is 0.349 e. The van der Waals surface area contributed by atoms with Crippen molar-refractivity contribution in [1.29, 1.82) is 0 Å². The molecule has 160 valence electrons. The number of benzene rings is 1. The molecule has 0 saturated carbocycles. The predicted octanol–water partition coefficient (Wildman–Crippen LogP) is 2.54. The summed E-state index contributed by atoms with van der Waals surface area (Å²) in [5.74, 6) is 1.46. The van der Waals surface area contributed by atoms with Crippen LogP contribution in [-0.2, 0) is 0 Å². The summed E-state index contributed by atoms with van der Waals surface area (Å²) in [6.07, 6.45) is 3.69. The molecule has 1 aromatic carbocycles. The number of carbonyl (C=O) groups is 1. The van der Waals surface area contributed by atoms with Crippen LogP contribution in [0.3, 0.4) is 0 Å². The number of hydrogen-bond acceptors (Lipinski definition) is 7. The van der Waals surface area contributed by atoms with Crippen LogP contribution < -0.4 is 15.4 Å². The Morgan fingerprint density at radius 3 is 2.13 bits per heavy atom. The third kappa shape index (κ3) is 3.97. The molecule has 31 heavy (non-hydrogen) atoms. The summed E-state index contributed by atoms with van der Waals surface area (Å²) in [4.78, 5) is 31.4. The van der Waals surface area contributed by atoms with Gasteiger partial charge in [0.05, 0.1) is 0 Å². The van der Waals surface area contributed by atoms with Crippen LogP contribution in [0.2, 0.25) is 0 Å². The molecule has 8 heteroatoms. The molecular formula is C23H25N5O3. The lowest BCUT2D eigenvalue weighted by atomic mass is 10.1. The molecule has 2 fully saturated rings. The van der Waals surface area contributed by atoms with E-state index in [0.29, 0.717) is 31.8 Å². The fourth-order valence-corrected chi connectivity index (χ4v) is 4.30. The van der Waals surface area contributed by atoms with E-state index in [9.17, 15) is 9.59 Å². The van der Waals surface area contributed by atoms with Crippen molar-refractivity contribution >= 4 is 28.5 Å².